The lowest BCUT2D eigenvalue weighted by atomic mass is 10.3. The number of nitriles is 1. The van der Waals surface area contributed by atoms with E-state index in [0.29, 0.717) is 27.0 Å². The number of benzene rings is 1. The van der Waals surface area contributed by atoms with Crippen LogP contribution in [0.5, 0.6) is 0 Å². The molecule has 140 valence electrons. The largest absolute Gasteiger partial charge is 0.451 e. The van der Waals surface area contributed by atoms with E-state index >= 15 is 0 Å². The molecule has 7 nitrogen and oxygen atoms in total. The highest BCUT2D eigenvalue weighted by molar-refractivity contribution is 7.17. The molecule has 2 aromatic heterocycles. The molecule has 3 aromatic rings. The van der Waals surface area contributed by atoms with Crippen LogP contribution in [0.15, 0.2) is 54.7 Å². The summed E-state index contributed by atoms with van der Waals surface area (Å²) in [4.78, 5) is 35.0. The fourth-order valence-electron chi connectivity index (χ4n) is 2.46. The third-order valence-corrected chi connectivity index (χ3v) is 4.95. The zero-order valence-electron chi connectivity index (χ0n) is 15.0. The van der Waals surface area contributed by atoms with Crippen molar-refractivity contribution in [3.8, 4) is 16.8 Å². The van der Waals surface area contributed by atoms with E-state index in [1.165, 1.54) is 4.90 Å². The van der Waals surface area contributed by atoms with Gasteiger partial charge in [0, 0.05) is 11.9 Å². The Balaban J connectivity index is 1.69. The van der Waals surface area contributed by atoms with Gasteiger partial charge in [0.15, 0.2) is 6.61 Å². The predicted octanol–water partition coefficient (Wildman–Crippen LogP) is 3.23. The number of rotatable bonds is 6. The molecule has 0 saturated carbocycles. The van der Waals surface area contributed by atoms with E-state index in [0.717, 1.165) is 11.3 Å². The summed E-state index contributed by atoms with van der Waals surface area (Å²) in [5.41, 5.74) is 1.74. The molecule has 0 radical (unpaired) electrons. The van der Waals surface area contributed by atoms with Gasteiger partial charge in [0.2, 0.25) is 0 Å². The highest BCUT2D eigenvalue weighted by Gasteiger charge is 2.21. The van der Waals surface area contributed by atoms with E-state index < -0.39 is 18.5 Å². The van der Waals surface area contributed by atoms with Crippen LogP contribution in [0.1, 0.15) is 15.4 Å². The molecule has 1 aromatic carbocycles. The molecule has 0 aliphatic carbocycles. The molecule has 0 saturated heterocycles. The Morgan fingerprint density at radius 3 is 2.61 bits per heavy atom. The second-order valence-electron chi connectivity index (χ2n) is 5.70. The molecule has 1 amide bonds. The van der Waals surface area contributed by atoms with Gasteiger partial charge in [-0.15, -0.1) is 11.3 Å². The molecular weight excluding hydrogens is 376 g/mol. The molecule has 0 spiro atoms. The van der Waals surface area contributed by atoms with Gasteiger partial charge in [-0.3, -0.25) is 14.7 Å². The Labute approximate surface area is 165 Å². The lowest BCUT2D eigenvalue weighted by molar-refractivity contribution is -0.121. The number of nitrogens with zero attached hydrogens (tertiary/aromatic N) is 4. The number of ether oxygens (including phenoxy) is 1. The number of amides is 1. The topological polar surface area (TPSA) is 96.2 Å². The summed E-state index contributed by atoms with van der Waals surface area (Å²) in [7, 11) is 0. The SMILES string of the molecule is Cc1nc(-c2ccccn2)sc1C(=O)OCC(=O)N(CC#N)c1ccccc1. The van der Waals surface area contributed by atoms with Crippen molar-refractivity contribution < 1.29 is 14.3 Å². The van der Waals surface area contributed by atoms with E-state index in [1.54, 1.807) is 49.5 Å². The summed E-state index contributed by atoms with van der Waals surface area (Å²) in [5.74, 6) is -1.11. The van der Waals surface area contributed by atoms with Crippen LogP contribution >= 0.6 is 11.3 Å². The van der Waals surface area contributed by atoms with E-state index in [2.05, 4.69) is 9.97 Å². The minimum absolute atomic E-state index is 0.135. The lowest BCUT2D eigenvalue weighted by Gasteiger charge is -2.19. The first-order valence-electron chi connectivity index (χ1n) is 8.38. The smallest absolute Gasteiger partial charge is 0.350 e. The quantitative estimate of drug-likeness (QED) is 0.472. The van der Waals surface area contributed by atoms with Crippen molar-refractivity contribution in [1.29, 1.82) is 5.26 Å². The summed E-state index contributed by atoms with van der Waals surface area (Å²) in [6, 6.07) is 16.1. The molecule has 0 aliphatic rings. The van der Waals surface area contributed by atoms with Crippen molar-refractivity contribution in [2.45, 2.75) is 6.92 Å². The standard InChI is InChI=1S/C20H16N4O3S/c1-14-18(28-19(23-14)16-9-5-6-11-22-16)20(26)27-13-17(25)24(12-10-21)15-7-3-2-4-8-15/h2-9,11H,12-13H2,1H3. The van der Waals surface area contributed by atoms with Crippen LogP contribution in [0, 0.1) is 18.3 Å². The maximum Gasteiger partial charge on any atom is 0.350 e. The average molecular weight is 392 g/mol. The first-order chi connectivity index (χ1) is 13.6. The zero-order valence-corrected chi connectivity index (χ0v) is 15.8. The average Bonchev–Trinajstić information content (AvgIpc) is 3.13. The number of aryl methyl sites for hydroxylation is 1. The number of carbonyl (C=O) groups excluding carboxylic acids is 2. The third-order valence-electron chi connectivity index (χ3n) is 3.79. The van der Waals surface area contributed by atoms with Crippen LogP contribution in [0.2, 0.25) is 0 Å². The molecule has 28 heavy (non-hydrogen) atoms. The summed E-state index contributed by atoms with van der Waals surface area (Å²) in [6.07, 6.45) is 1.65. The summed E-state index contributed by atoms with van der Waals surface area (Å²) in [5, 5.41) is 9.59. The van der Waals surface area contributed by atoms with Crippen LogP contribution in [-0.4, -0.2) is 35.0 Å². The maximum absolute atomic E-state index is 12.5. The van der Waals surface area contributed by atoms with Gasteiger partial charge in [-0.1, -0.05) is 24.3 Å². The van der Waals surface area contributed by atoms with E-state index in [4.69, 9.17) is 10.00 Å². The van der Waals surface area contributed by atoms with Crippen molar-refractivity contribution in [1.82, 2.24) is 9.97 Å². The molecule has 0 fully saturated rings. The Morgan fingerprint density at radius 1 is 1.18 bits per heavy atom. The van der Waals surface area contributed by atoms with Gasteiger partial charge in [-0.05, 0) is 31.2 Å². The molecule has 0 atom stereocenters. The number of anilines is 1. The van der Waals surface area contributed by atoms with Crippen molar-refractivity contribution in [2.75, 3.05) is 18.1 Å². The van der Waals surface area contributed by atoms with Crippen LogP contribution < -0.4 is 4.90 Å². The van der Waals surface area contributed by atoms with Gasteiger partial charge in [-0.25, -0.2) is 9.78 Å². The fraction of sp³-hybridized carbons (Fsp3) is 0.150. The molecule has 0 aliphatic heterocycles. The first-order valence-corrected chi connectivity index (χ1v) is 9.20. The maximum atomic E-state index is 12.5. The number of carbonyl (C=O) groups is 2. The molecule has 0 bridgehead atoms. The number of para-hydroxylation sites is 1. The summed E-state index contributed by atoms with van der Waals surface area (Å²) < 4.78 is 5.18. The predicted molar refractivity (Wildman–Crippen MR) is 105 cm³/mol. The van der Waals surface area contributed by atoms with Gasteiger partial charge in [0.25, 0.3) is 5.91 Å². The van der Waals surface area contributed by atoms with Crippen LogP contribution in [0.25, 0.3) is 10.7 Å². The van der Waals surface area contributed by atoms with Crippen molar-refractivity contribution in [3.63, 3.8) is 0 Å². The van der Waals surface area contributed by atoms with Gasteiger partial charge in [0.05, 0.1) is 17.5 Å². The number of esters is 1. The van der Waals surface area contributed by atoms with E-state index in [1.807, 2.05) is 18.2 Å². The summed E-state index contributed by atoms with van der Waals surface area (Å²) >= 11 is 1.16. The Kier molecular flexibility index (Phi) is 6.09. The molecule has 0 unspecified atom stereocenters. The molecule has 8 heteroatoms. The van der Waals surface area contributed by atoms with Crippen molar-refractivity contribution in [2.24, 2.45) is 0 Å². The van der Waals surface area contributed by atoms with Crippen LogP contribution in [0.3, 0.4) is 0 Å². The fourth-order valence-corrected chi connectivity index (χ4v) is 3.39. The van der Waals surface area contributed by atoms with Crippen molar-refractivity contribution in [3.05, 3.63) is 65.3 Å². The Bertz CT molecular complexity index is 1010. The normalized spacial score (nSPS) is 10.1. The molecule has 0 N–H and O–H groups in total. The summed E-state index contributed by atoms with van der Waals surface area (Å²) in [6.45, 7) is 1.10. The minimum Gasteiger partial charge on any atom is -0.451 e. The Hall–Kier alpha value is -3.57. The monoisotopic (exact) mass is 392 g/mol. The van der Waals surface area contributed by atoms with Gasteiger partial charge in [0.1, 0.15) is 16.4 Å². The van der Waals surface area contributed by atoms with Gasteiger partial charge in [-0.2, -0.15) is 5.26 Å². The second kappa shape index (κ2) is 8.88. The minimum atomic E-state index is -0.629. The van der Waals surface area contributed by atoms with Crippen molar-refractivity contribution >= 4 is 28.9 Å². The highest BCUT2D eigenvalue weighted by Crippen LogP contribution is 2.27. The van der Waals surface area contributed by atoms with E-state index in [9.17, 15) is 9.59 Å². The number of aromatic nitrogens is 2. The highest BCUT2D eigenvalue weighted by atomic mass is 32.1. The zero-order chi connectivity index (χ0) is 19.9. The number of hydrogen-bond donors (Lipinski definition) is 0. The third kappa shape index (κ3) is 4.39. The molecule has 2 heterocycles. The number of hydrogen-bond acceptors (Lipinski definition) is 7. The molecule has 3 rings (SSSR count). The van der Waals surface area contributed by atoms with Gasteiger partial charge >= 0.3 is 5.97 Å². The van der Waals surface area contributed by atoms with Gasteiger partial charge < -0.3 is 4.74 Å². The number of pyridine rings is 1. The van der Waals surface area contributed by atoms with Crippen LogP contribution in [-0.2, 0) is 9.53 Å². The first kappa shape index (κ1) is 19.2. The van der Waals surface area contributed by atoms with Crippen LogP contribution in [0.4, 0.5) is 5.69 Å². The second-order valence-corrected chi connectivity index (χ2v) is 6.70. The Morgan fingerprint density at radius 2 is 1.93 bits per heavy atom. The lowest BCUT2D eigenvalue weighted by Crippen LogP contribution is -2.35. The molecular formula is C20H16N4O3S. The van der Waals surface area contributed by atoms with E-state index in [-0.39, 0.29) is 6.54 Å². The number of thiazole rings is 1.